The van der Waals surface area contributed by atoms with Gasteiger partial charge in [-0.15, -0.1) is 0 Å². The molecule has 0 saturated heterocycles. The lowest BCUT2D eigenvalue weighted by molar-refractivity contribution is 0.527. The molecule has 0 radical (unpaired) electrons. The second kappa shape index (κ2) is 6.55. The second-order valence-corrected chi connectivity index (χ2v) is 5.68. The van der Waals surface area contributed by atoms with E-state index in [1.54, 1.807) is 0 Å². The van der Waals surface area contributed by atoms with Crippen molar-refractivity contribution in [2.45, 2.75) is 39.7 Å². The van der Waals surface area contributed by atoms with Crippen molar-refractivity contribution in [3.8, 4) is 0 Å². The Labute approximate surface area is 121 Å². The molecule has 2 aromatic rings. The highest BCUT2D eigenvalue weighted by atomic mass is 15.1. The fourth-order valence-electron chi connectivity index (χ4n) is 2.19. The molecule has 4 heteroatoms. The van der Waals surface area contributed by atoms with Crippen LogP contribution in [0.25, 0.3) is 10.9 Å². The average Bonchev–Trinajstić information content (AvgIpc) is 2.45. The first kappa shape index (κ1) is 14.6. The minimum Gasteiger partial charge on any atom is -0.367 e. The number of hydrogen-bond acceptors (Lipinski definition) is 4. The van der Waals surface area contributed by atoms with Crippen LogP contribution >= 0.6 is 0 Å². The van der Waals surface area contributed by atoms with Crippen molar-refractivity contribution in [3.05, 3.63) is 24.3 Å². The summed E-state index contributed by atoms with van der Waals surface area (Å²) in [5.74, 6) is 2.30. The third-order valence-electron chi connectivity index (χ3n) is 3.39. The molecular formula is C16H24N4. The second-order valence-electron chi connectivity index (χ2n) is 5.68. The van der Waals surface area contributed by atoms with Crippen LogP contribution in [0.4, 0.5) is 11.8 Å². The maximum absolute atomic E-state index is 4.55. The molecule has 1 aromatic heterocycles. The zero-order chi connectivity index (χ0) is 14.5. The molecule has 0 saturated carbocycles. The molecule has 0 aliphatic carbocycles. The first-order chi connectivity index (χ1) is 9.60. The van der Waals surface area contributed by atoms with Gasteiger partial charge in [-0.1, -0.05) is 26.0 Å². The molecule has 20 heavy (non-hydrogen) atoms. The van der Waals surface area contributed by atoms with Crippen LogP contribution in [0.15, 0.2) is 24.3 Å². The monoisotopic (exact) mass is 272 g/mol. The van der Waals surface area contributed by atoms with Crippen molar-refractivity contribution in [1.29, 1.82) is 0 Å². The molecule has 1 aromatic carbocycles. The summed E-state index contributed by atoms with van der Waals surface area (Å²) in [7, 11) is 1.84. The molecule has 2 N–H and O–H groups in total. The normalized spacial score (nSPS) is 12.7. The van der Waals surface area contributed by atoms with E-state index in [0.29, 0.717) is 12.0 Å². The highest BCUT2D eigenvalue weighted by molar-refractivity contribution is 5.90. The van der Waals surface area contributed by atoms with Crippen LogP contribution in [0, 0.1) is 5.92 Å². The van der Waals surface area contributed by atoms with Gasteiger partial charge >= 0.3 is 0 Å². The fraction of sp³-hybridized carbons (Fsp3) is 0.500. The van der Waals surface area contributed by atoms with Gasteiger partial charge < -0.3 is 10.6 Å². The Balaban J connectivity index is 2.23. The van der Waals surface area contributed by atoms with Gasteiger partial charge in [0.25, 0.3) is 0 Å². The topological polar surface area (TPSA) is 49.8 Å². The molecule has 108 valence electrons. The Morgan fingerprint density at radius 1 is 1.05 bits per heavy atom. The van der Waals surface area contributed by atoms with Gasteiger partial charge in [0.1, 0.15) is 5.82 Å². The predicted molar refractivity (Wildman–Crippen MR) is 86.2 cm³/mol. The van der Waals surface area contributed by atoms with Gasteiger partial charge in [-0.2, -0.15) is 4.98 Å². The molecule has 2 rings (SSSR count). The third-order valence-corrected chi connectivity index (χ3v) is 3.39. The summed E-state index contributed by atoms with van der Waals surface area (Å²) in [5, 5.41) is 7.62. The van der Waals surface area contributed by atoms with E-state index in [0.717, 1.165) is 29.1 Å². The molecule has 0 spiro atoms. The summed E-state index contributed by atoms with van der Waals surface area (Å²) in [6.45, 7) is 6.72. The average molecular weight is 272 g/mol. The Morgan fingerprint density at radius 3 is 2.50 bits per heavy atom. The summed E-state index contributed by atoms with van der Waals surface area (Å²) in [6, 6.07) is 8.50. The van der Waals surface area contributed by atoms with Gasteiger partial charge in [-0.3, -0.25) is 0 Å². The summed E-state index contributed by atoms with van der Waals surface area (Å²) in [5.41, 5.74) is 0.963. The van der Waals surface area contributed by atoms with Crippen LogP contribution in [0.5, 0.6) is 0 Å². The number of para-hydroxylation sites is 1. The SMILES string of the molecule is CNc1nc(NC(C)CCC(C)C)c2ccccc2n1. The molecule has 0 fully saturated rings. The molecule has 4 nitrogen and oxygen atoms in total. The molecule has 0 aliphatic rings. The smallest absolute Gasteiger partial charge is 0.224 e. The predicted octanol–water partition coefficient (Wildman–Crippen LogP) is 3.91. The van der Waals surface area contributed by atoms with Crippen LogP contribution in [-0.4, -0.2) is 23.1 Å². The van der Waals surface area contributed by atoms with E-state index in [9.17, 15) is 0 Å². The van der Waals surface area contributed by atoms with Crippen LogP contribution in [-0.2, 0) is 0 Å². The molecule has 1 heterocycles. The van der Waals surface area contributed by atoms with E-state index in [1.165, 1.54) is 6.42 Å². The lowest BCUT2D eigenvalue weighted by Crippen LogP contribution is -2.17. The zero-order valence-electron chi connectivity index (χ0n) is 12.8. The van der Waals surface area contributed by atoms with E-state index in [1.807, 2.05) is 25.2 Å². The van der Waals surface area contributed by atoms with Gasteiger partial charge in [0, 0.05) is 18.5 Å². The Morgan fingerprint density at radius 2 is 1.80 bits per heavy atom. The molecule has 0 amide bonds. The Kier molecular flexibility index (Phi) is 4.77. The minimum atomic E-state index is 0.403. The first-order valence-corrected chi connectivity index (χ1v) is 7.31. The molecular weight excluding hydrogens is 248 g/mol. The highest BCUT2D eigenvalue weighted by Crippen LogP contribution is 2.23. The number of nitrogens with one attached hydrogen (secondary N) is 2. The summed E-state index contributed by atoms with van der Waals surface area (Å²) in [4.78, 5) is 9.03. The number of benzene rings is 1. The van der Waals surface area contributed by atoms with Crippen LogP contribution < -0.4 is 10.6 Å². The van der Waals surface area contributed by atoms with E-state index in [-0.39, 0.29) is 0 Å². The Bertz CT molecular complexity index is 565. The lowest BCUT2D eigenvalue weighted by atomic mass is 10.0. The first-order valence-electron chi connectivity index (χ1n) is 7.31. The summed E-state index contributed by atoms with van der Waals surface area (Å²) >= 11 is 0. The van der Waals surface area contributed by atoms with Crippen molar-refractivity contribution in [2.24, 2.45) is 5.92 Å². The van der Waals surface area contributed by atoms with Crippen molar-refractivity contribution in [1.82, 2.24) is 9.97 Å². The molecule has 0 bridgehead atoms. The highest BCUT2D eigenvalue weighted by Gasteiger charge is 2.10. The van der Waals surface area contributed by atoms with Gasteiger partial charge in [-0.25, -0.2) is 4.98 Å². The van der Waals surface area contributed by atoms with Gasteiger partial charge in [0.15, 0.2) is 0 Å². The maximum Gasteiger partial charge on any atom is 0.224 e. The zero-order valence-corrected chi connectivity index (χ0v) is 12.8. The molecule has 0 aliphatic heterocycles. The number of rotatable bonds is 6. The van der Waals surface area contributed by atoms with E-state index in [4.69, 9.17) is 0 Å². The van der Waals surface area contributed by atoms with E-state index >= 15 is 0 Å². The number of nitrogens with zero attached hydrogens (tertiary/aromatic N) is 2. The van der Waals surface area contributed by atoms with Crippen LogP contribution in [0.2, 0.25) is 0 Å². The number of aromatic nitrogens is 2. The number of fused-ring (bicyclic) bond motifs is 1. The summed E-state index contributed by atoms with van der Waals surface area (Å²) < 4.78 is 0. The van der Waals surface area contributed by atoms with Crippen molar-refractivity contribution >= 4 is 22.7 Å². The van der Waals surface area contributed by atoms with Crippen LogP contribution in [0.3, 0.4) is 0 Å². The third kappa shape index (κ3) is 3.59. The van der Waals surface area contributed by atoms with Crippen molar-refractivity contribution < 1.29 is 0 Å². The fourth-order valence-corrected chi connectivity index (χ4v) is 2.19. The van der Waals surface area contributed by atoms with Crippen molar-refractivity contribution in [3.63, 3.8) is 0 Å². The number of anilines is 2. The number of hydrogen-bond donors (Lipinski definition) is 2. The quantitative estimate of drug-likeness (QED) is 0.837. The van der Waals surface area contributed by atoms with E-state index in [2.05, 4.69) is 47.4 Å². The summed E-state index contributed by atoms with van der Waals surface area (Å²) in [6.07, 6.45) is 2.36. The van der Waals surface area contributed by atoms with Crippen LogP contribution in [0.1, 0.15) is 33.6 Å². The standard InChI is InChI=1S/C16H24N4/c1-11(2)9-10-12(3)18-15-13-7-5-6-8-14(13)19-16(17-4)20-15/h5-8,11-12H,9-10H2,1-4H3,(H2,17,18,19,20). The minimum absolute atomic E-state index is 0.403. The lowest BCUT2D eigenvalue weighted by Gasteiger charge is -2.17. The van der Waals surface area contributed by atoms with Gasteiger partial charge in [0.2, 0.25) is 5.95 Å². The largest absolute Gasteiger partial charge is 0.367 e. The Hall–Kier alpha value is -1.84. The maximum atomic E-state index is 4.55. The van der Waals surface area contributed by atoms with Crippen molar-refractivity contribution in [2.75, 3.05) is 17.7 Å². The van der Waals surface area contributed by atoms with Gasteiger partial charge in [0.05, 0.1) is 5.52 Å². The molecule has 1 unspecified atom stereocenters. The van der Waals surface area contributed by atoms with E-state index < -0.39 is 0 Å². The van der Waals surface area contributed by atoms with Gasteiger partial charge in [-0.05, 0) is 37.8 Å². The molecule has 1 atom stereocenters.